The zero-order valence-corrected chi connectivity index (χ0v) is 8.18. The molecule has 0 aliphatic rings. The van der Waals surface area contributed by atoms with E-state index in [1.807, 2.05) is 0 Å². The summed E-state index contributed by atoms with van der Waals surface area (Å²) in [5.41, 5.74) is 5.27. The van der Waals surface area contributed by atoms with Gasteiger partial charge in [0.25, 0.3) is 6.43 Å². The molecule has 0 saturated heterocycles. The van der Waals surface area contributed by atoms with Crippen LogP contribution in [0.2, 0.25) is 5.02 Å². The number of hydrogen-bond donors (Lipinski definition) is 1. The Morgan fingerprint density at radius 2 is 2.29 bits per heavy atom. The Hall–Kier alpha value is -0.940. The maximum atomic E-state index is 12.5. The average molecular weight is 223 g/mol. The Morgan fingerprint density at radius 3 is 2.71 bits per heavy atom. The van der Waals surface area contributed by atoms with Crippen LogP contribution in [0.4, 0.5) is 8.78 Å². The van der Waals surface area contributed by atoms with Gasteiger partial charge in [0.1, 0.15) is 0 Å². The van der Waals surface area contributed by atoms with Crippen molar-refractivity contribution >= 4 is 11.6 Å². The van der Waals surface area contributed by atoms with Gasteiger partial charge in [-0.1, -0.05) is 11.6 Å². The van der Waals surface area contributed by atoms with E-state index in [4.69, 9.17) is 17.3 Å². The van der Waals surface area contributed by atoms with Crippen LogP contribution in [0, 0.1) is 0 Å². The second-order valence-corrected chi connectivity index (χ2v) is 2.90. The molecule has 1 heterocycles. The average Bonchev–Trinajstić information content (AvgIpc) is 2.16. The fraction of sp³-hybridized carbons (Fsp3) is 0.375. The minimum atomic E-state index is -2.73. The maximum absolute atomic E-state index is 12.5. The van der Waals surface area contributed by atoms with Gasteiger partial charge in [0.2, 0.25) is 5.88 Å². The minimum Gasteiger partial charge on any atom is -0.481 e. The number of hydrogen-bond acceptors (Lipinski definition) is 3. The number of rotatable bonds is 3. The smallest absolute Gasteiger partial charge is 0.270 e. The van der Waals surface area contributed by atoms with Crippen LogP contribution in [0.1, 0.15) is 17.6 Å². The number of alkyl halides is 2. The van der Waals surface area contributed by atoms with Crippen molar-refractivity contribution < 1.29 is 13.5 Å². The van der Waals surface area contributed by atoms with Crippen LogP contribution in [0.5, 0.6) is 5.88 Å². The molecule has 1 aromatic heterocycles. The monoisotopic (exact) mass is 222 g/mol. The minimum absolute atomic E-state index is 0.0650. The van der Waals surface area contributed by atoms with E-state index in [2.05, 4.69) is 9.72 Å². The van der Waals surface area contributed by atoms with Crippen molar-refractivity contribution in [3.63, 3.8) is 0 Å². The van der Waals surface area contributed by atoms with Crippen molar-refractivity contribution in [1.29, 1.82) is 0 Å². The van der Waals surface area contributed by atoms with Gasteiger partial charge in [0.15, 0.2) is 0 Å². The predicted octanol–water partition coefficient (Wildman–Crippen LogP) is 2.14. The molecule has 3 nitrogen and oxygen atoms in total. The van der Waals surface area contributed by atoms with Crippen LogP contribution in [0.25, 0.3) is 0 Å². The first-order valence-corrected chi connectivity index (χ1v) is 4.19. The highest BCUT2D eigenvalue weighted by molar-refractivity contribution is 6.32. The largest absolute Gasteiger partial charge is 0.481 e. The molecule has 6 heteroatoms. The van der Waals surface area contributed by atoms with E-state index in [1.165, 1.54) is 13.3 Å². The second-order valence-electron chi connectivity index (χ2n) is 2.53. The Bertz CT molecular complexity index is 333. The highest BCUT2D eigenvalue weighted by Gasteiger charge is 2.21. The van der Waals surface area contributed by atoms with E-state index < -0.39 is 12.0 Å². The van der Waals surface area contributed by atoms with Crippen LogP contribution in [-0.4, -0.2) is 12.1 Å². The molecule has 78 valence electrons. The van der Waals surface area contributed by atoms with E-state index in [1.54, 1.807) is 0 Å². The molecule has 0 aliphatic carbocycles. The molecule has 0 bridgehead atoms. The molecule has 0 aliphatic heterocycles. The topological polar surface area (TPSA) is 48.1 Å². The molecule has 1 aromatic rings. The first kappa shape index (κ1) is 11.1. The zero-order chi connectivity index (χ0) is 10.7. The zero-order valence-electron chi connectivity index (χ0n) is 7.43. The number of nitrogens with zero attached hydrogens (tertiary/aromatic N) is 1. The highest BCUT2D eigenvalue weighted by Crippen LogP contribution is 2.35. The van der Waals surface area contributed by atoms with Crippen molar-refractivity contribution in [2.24, 2.45) is 5.73 Å². The van der Waals surface area contributed by atoms with Gasteiger partial charge in [-0.2, -0.15) is 0 Å². The number of ether oxygens (including phenoxy) is 1. The van der Waals surface area contributed by atoms with Crippen molar-refractivity contribution in [2.75, 3.05) is 7.11 Å². The Kier molecular flexibility index (Phi) is 3.60. The molecular formula is C8H9ClF2N2O. The number of aromatic nitrogens is 1. The Labute approximate surface area is 84.8 Å². The summed E-state index contributed by atoms with van der Waals surface area (Å²) in [6.07, 6.45) is -1.40. The van der Waals surface area contributed by atoms with Gasteiger partial charge in [0, 0.05) is 18.3 Å². The van der Waals surface area contributed by atoms with Gasteiger partial charge >= 0.3 is 0 Å². The van der Waals surface area contributed by atoms with E-state index in [0.717, 1.165) is 0 Å². The molecule has 0 spiro atoms. The fourth-order valence-electron chi connectivity index (χ4n) is 1.02. The predicted molar refractivity (Wildman–Crippen MR) is 48.6 cm³/mol. The third-order valence-corrected chi connectivity index (χ3v) is 2.16. The lowest BCUT2D eigenvalue weighted by Gasteiger charge is -2.10. The molecule has 0 amide bonds. The summed E-state index contributed by atoms with van der Waals surface area (Å²) in [5, 5.41) is -0.0747. The number of methoxy groups -OCH3 is 1. The standard InChI is InChI=1S/C8H9ClF2N2O/c1-14-8-5(7(10)11)6(9)4(2-12)3-13-8/h3,7H,2,12H2,1H3. The Balaban J connectivity index is 3.31. The summed E-state index contributed by atoms with van der Waals surface area (Å²) >= 11 is 5.71. The Morgan fingerprint density at radius 1 is 1.64 bits per heavy atom. The lowest BCUT2D eigenvalue weighted by molar-refractivity contribution is 0.146. The van der Waals surface area contributed by atoms with Gasteiger partial charge in [0.05, 0.1) is 17.7 Å². The summed E-state index contributed by atoms with van der Waals surface area (Å²) in [6.45, 7) is 0.0650. The number of pyridine rings is 1. The van der Waals surface area contributed by atoms with Crippen molar-refractivity contribution in [1.82, 2.24) is 4.98 Å². The fourth-order valence-corrected chi connectivity index (χ4v) is 1.31. The van der Waals surface area contributed by atoms with E-state index in [0.29, 0.717) is 5.56 Å². The van der Waals surface area contributed by atoms with Crippen LogP contribution < -0.4 is 10.5 Å². The summed E-state index contributed by atoms with van der Waals surface area (Å²) in [5.74, 6) is -0.165. The van der Waals surface area contributed by atoms with Crippen LogP contribution in [-0.2, 0) is 6.54 Å². The molecule has 0 saturated carbocycles. The van der Waals surface area contributed by atoms with Crippen molar-refractivity contribution in [3.8, 4) is 5.88 Å². The summed E-state index contributed by atoms with van der Waals surface area (Å²) in [7, 11) is 1.26. The van der Waals surface area contributed by atoms with E-state index in [-0.39, 0.29) is 17.4 Å². The van der Waals surface area contributed by atoms with Gasteiger partial charge < -0.3 is 10.5 Å². The molecule has 0 fully saturated rings. The quantitative estimate of drug-likeness (QED) is 0.853. The number of halogens is 3. The third-order valence-electron chi connectivity index (χ3n) is 1.72. The van der Waals surface area contributed by atoms with Gasteiger partial charge in [-0.15, -0.1) is 0 Å². The highest BCUT2D eigenvalue weighted by atomic mass is 35.5. The van der Waals surface area contributed by atoms with E-state index in [9.17, 15) is 8.78 Å². The molecule has 1 rings (SSSR count). The van der Waals surface area contributed by atoms with Crippen LogP contribution in [0.15, 0.2) is 6.20 Å². The van der Waals surface area contributed by atoms with Gasteiger partial charge in [-0.05, 0) is 0 Å². The molecule has 0 aromatic carbocycles. The summed E-state index contributed by atoms with van der Waals surface area (Å²) < 4.78 is 29.8. The second kappa shape index (κ2) is 4.52. The summed E-state index contributed by atoms with van der Waals surface area (Å²) in [4.78, 5) is 3.68. The molecule has 2 N–H and O–H groups in total. The van der Waals surface area contributed by atoms with Gasteiger partial charge in [-0.25, -0.2) is 13.8 Å². The third kappa shape index (κ3) is 1.93. The lowest BCUT2D eigenvalue weighted by Crippen LogP contribution is -2.04. The molecule has 0 atom stereocenters. The maximum Gasteiger partial charge on any atom is 0.270 e. The molecule has 14 heavy (non-hydrogen) atoms. The van der Waals surface area contributed by atoms with Gasteiger partial charge in [-0.3, -0.25) is 0 Å². The SMILES string of the molecule is COc1ncc(CN)c(Cl)c1C(F)F. The molecule has 0 radical (unpaired) electrons. The van der Waals surface area contributed by atoms with Crippen LogP contribution >= 0.6 is 11.6 Å². The van der Waals surface area contributed by atoms with Crippen molar-refractivity contribution in [2.45, 2.75) is 13.0 Å². The molecule has 0 unspecified atom stereocenters. The van der Waals surface area contributed by atoms with Crippen molar-refractivity contribution in [3.05, 3.63) is 22.3 Å². The molecular weight excluding hydrogens is 214 g/mol. The summed E-state index contributed by atoms with van der Waals surface area (Å²) in [6, 6.07) is 0. The number of nitrogens with two attached hydrogens (primary N) is 1. The normalized spacial score (nSPS) is 10.7. The van der Waals surface area contributed by atoms with Crippen LogP contribution in [0.3, 0.4) is 0 Å². The lowest BCUT2D eigenvalue weighted by atomic mass is 10.2. The van der Waals surface area contributed by atoms with E-state index >= 15 is 0 Å². The first-order valence-electron chi connectivity index (χ1n) is 3.81. The first-order chi connectivity index (χ1) is 6.61.